The van der Waals surface area contributed by atoms with Crippen molar-refractivity contribution in [3.8, 4) is 0 Å². The minimum Gasteiger partial charge on any atom is -0.478 e. The molecule has 2 aromatic carbocycles. The Morgan fingerprint density at radius 3 is 2.48 bits per heavy atom. The van der Waals surface area contributed by atoms with Crippen molar-refractivity contribution in [3.63, 3.8) is 0 Å². The van der Waals surface area contributed by atoms with Gasteiger partial charge >= 0.3 is 5.97 Å². The Bertz CT molecular complexity index is 731. The van der Waals surface area contributed by atoms with E-state index < -0.39 is 16.8 Å². The van der Waals surface area contributed by atoms with Crippen LogP contribution in [0, 0.1) is 0 Å². The van der Waals surface area contributed by atoms with Gasteiger partial charge in [0.2, 0.25) is 0 Å². The van der Waals surface area contributed by atoms with Gasteiger partial charge < -0.3 is 5.11 Å². The Kier molecular flexibility index (Phi) is 5.27. The zero-order valence-electron chi connectivity index (χ0n) is 10.5. The van der Waals surface area contributed by atoms with Crippen molar-refractivity contribution in [2.75, 3.05) is 0 Å². The fraction of sp³-hybridized carbons (Fsp3) is 0.0714. The molecule has 0 aliphatic heterocycles. The van der Waals surface area contributed by atoms with Gasteiger partial charge in [-0.3, -0.25) is 4.21 Å². The minimum atomic E-state index is -1.45. The van der Waals surface area contributed by atoms with Crippen LogP contribution in [0.3, 0.4) is 0 Å². The Balaban J connectivity index is 2.31. The molecule has 0 aliphatic rings. The lowest BCUT2D eigenvalue weighted by Crippen LogP contribution is -2.02. The quantitative estimate of drug-likeness (QED) is 0.860. The Morgan fingerprint density at radius 1 is 1.10 bits per heavy atom. The zero-order chi connectivity index (χ0) is 15.6. The molecule has 1 unspecified atom stereocenters. The number of benzene rings is 2. The molecule has 0 spiro atoms. The second-order valence-corrected chi connectivity index (χ2v) is 6.79. The third-order valence-electron chi connectivity index (χ3n) is 2.75. The normalized spacial score (nSPS) is 12.1. The van der Waals surface area contributed by atoms with Gasteiger partial charge in [-0.15, -0.1) is 0 Å². The summed E-state index contributed by atoms with van der Waals surface area (Å²) in [5.41, 5.74) is 0.550. The third kappa shape index (κ3) is 3.77. The average molecular weight is 364 g/mol. The van der Waals surface area contributed by atoms with E-state index in [-0.39, 0.29) is 16.3 Å². The molecule has 1 atom stereocenters. The smallest absolute Gasteiger partial charge is 0.337 e. The Labute approximate surface area is 138 Å². The van der Waals surface area contributed by atoms with Crippen molar-refractivity contribution in [1.82, 2.24) is 0 Å². The summed E-state index contributed by atoms with van der Waals surface area (Å²) in [6.07, 6.45) is 0. The van der Waals surface area contributed by atoms with E-state index in [2.05, 4.69) is 0 Å². The summed E-state index contributed by atoms with van der Waals surface area (Å²) in [5, 5.41) is 9.85. The lowest BCUT2D eigenvalue weighted by atomic mass is 10.2. The number of rotatable bonds is 4. The van der Waals surface area contributed by atoms with E-state index in [1.165, 1.54) is 18.2 Å². The maximum atomic E-state index is 12.3. The summed E-state index contributed by atoms with van der Waals surface area (Å²) in [4.78, 5) is 11.4. The van der Waals surface area contributed by atoms with Crippen LogP contribution in [0.4, 0.5) is 0 Å². The average Bonchev–Trinajstić information content (AvgIpc) is 2.44. The van der Waals surface area contributed by atoms with E-state index in [0.29, 0.717) is 20.5 Å². The molecule has 0 saturated carbocycles. The Hall–Kier alpha value is -1.07. The number of carbonyl (C=O) groups is 1. The van der Waals surface area contributed by atoms with Gasteiger partial charge in [0.15, 0.2) is 0 Å². The van der Waals surface area contributed by atoms with E-state index >= 15 is 0 Å². The van der Waals surface area contributed by atoms with E-state index in [1.54, 1.807) is 18.2 Å². The summed E-state index contributed by atoms with van der Waals surface area (Å²) in [7, 11) is -1.45. The summed E-state index contributed by atoms with van der Waals surface area (Å²) in [6, 6.07) is 9.33. The zero-order valence-corrected chi connectivity index (χ0v) is 13.6. The topological polar surface area (TPSA) is 54.4 Å². The molecule has 0 radical (unpaired) electrons. The number of halogens is 3. The van der Waals surface area contributed by atoms with Crippen LogP contribution in [0.2, 0.25) is 15.1 Å². The van der Waals surface area contributed by atoms with Gasteiger partial charge in [0.25, 0.3) is 0 Å². The van der Waals surface area contributed by atoms with Crippen molar-refractivity contribution < 1.29 is 14.1 Å². The molecule has 2 rings (SSSR count). The van der Waals surface area contributed by atoms with E-state index in [4.69, 9.17) is 39.9 Å². The molecule has 21 heavy (non-hydrogen) atoms. The first-order chi connectivity index (χ1) is 9.90. The molecule has 7 heteroatoms. The minimum absolute atomic E-state index is 0.0836. The van der Waals surface area contributed by atoms with Crippen LogP contribution in [0.5, 0.6) is 0 Å². The maximum absolute atomic E-state index is 12.3. The molecule has 0 bridgehead atoms. The van der Waals surface area contributed by atoms with E-state index in [0.717, 1.165) is 0 Å². The molecule has 0 aromatic heterocycles. The molecule has 0 aliphatic carbocycles. The standard InChI is InChI=1S/C14H9Cl3O3S/c15-11-5-4-9(6-10(11)14(18)19)21(20)7-8-2-1-3-12(16)13(8)17/h1-6H,7H2,(H,18,19). The SMILES string of the molecule is O=C(O)c1cc(S(=O)Cc2cccc(Cl)c2Cl)ccc1Cl. The third-order valence-corrected chi connectivity index (χ3v) is 5.29. The van der Waals surface area contributed by atoms with Gasteiger partial charge in [0, 0.05) is 4.90 Å². The highest BCUT2D eigenvalue weighted by Gasteiger charge is 2.14. The van der Waals surface area contributed by atoms with E-state index in [9.17, 15) is 9.00 Å². The molecule has 110 valence electrons. The molecule has 0 saturated heterocycles. The predicted molar refractivity (Wildman–Crippen MR) is 85.0 cm³/mol. The van der Waals surface area contributed by atoms with Gasteiger partial charge in [-0.2, -0.15) is 0 Å². The van der Waals surface area contributed by atoms with Crippen LogP contribution in [-0.2, 0) is 16.6 Å². The fourth-order valence-electron chi connectivity index (χ4n) is 1.69. The van der Waals surface area contributed by atoms with Gasteiger partial charge in [-0.05, 0) is 29.8 Å². The largest absolute Gasteiger partial charge is 0.478 e. The fourth-order valence-corrected chi connectivity index (χ4v) is 3.52. The summed E-state index contributed by atoms with van der Waals surface area (Å²) in [6.45, 7) is 0. The first-order valence-corrected chi connectivity index (χ1v) is 8.19. The van der Waals surface area contributed by atoms with Crippen molar-refractivity contribution in [3.05, 3.63) is 62.6 Å². The van der Waals surface area contributed by atoms with Gasteiger partial charge in [0.1, 0.15) is 0 Å². The van der Waals surface area contributed by atoms with Crippen LogP contribution >= 0.6 is 34.8 Å². The number of aromatic carboxylic acids is 1. The van der Waals surface area contributed by atoms with Crippen molar-refractivity contribution in [1.29, 1.82) is 0 Å². The molecular weight excluding hydrogens is 355 g/mol. The molecule has 0 fully saturated rings. The van der Waals surface area contributed by atoms with Gasteiger partial charge in [0.05, 0.1) is 37.2 Å². The second-order valence-electron chi connectivity index (χ2n) is 4.15. The number of carboxylic acid groups (broad SMARTS) is 1. The molecule has 0 heterocycles. The molecule has 2 aromatic rings. The van der Waals surface area contributed by atoms with Crippen LogP contribution in [0.1, 0.15) is 15.9 Å². The lowest BCUT2D eigenvalue weighted by Gasteiger charge is -2.07. The monoisotopic (exact) mass is 362 g/mol. The van der Waals surface area contributed by atoms with Gasteiger partial charge in [-0.1, -0.05) is 46.9 Å². The van der Waals surface area contributed by atoms with Crippen molar-refractivity contribution in [2.45, 2.75) is 10.6 Å². The first kappa shape index (κ1) is 16.3. The first-order valence-electron chi connectivity index (χ1n) is 5.74. The molecule has 3 nitrogen and oxygen atoms in total. The van der Waals surface area contributed by atoms with Crippen LogP contribution in [0.25, 0.3) is 0 Å². The van der Waals surface area contributed by atoms with Crippen molar-refractivity contribution in [2.24, 2.45) is 0 Å². The Morgan fingerprint density at radius 2 is 1.81 bits per heavy atom. The van der Waals surface area contributed by atoms with Crippen LogP contribution in [0.15, 0.2) is 41.3 Å². The van der Waals surface area contributed by atoms with E-state index in [1.807, 2.05) is 0 Å². The summed E-state index contributed by atoms with van der Waals surface area (Å²) in [5.74, 6) is -1.03. The highest BCUT2D eigenvalue weighted by atomic mass is 35.5. The maximum Gasteiger partial charge on any atom is 0.337 e. The molecule has 0 amide bonds. The number of hydrogen-bond acceptors (Lipinski definition) is 2. The number of hydrogen-bond donors (Lipinski definition) is 1. The highest BCUT2D eigenvalue weighted by molar-refractivity contribution is 7.84. The molecular formula is C14H9Cl3O3S. The lowest BCUT2D eigenvalue weighted by molar-refractivity contribution is 0.0697. The summed E-state index contributed by atoms with van der Waals surface area (Å²) >= 11 is 17.7. The van der Waals surface area contributed by atoms with Crippen LogP contribution < -0.4 is 0 Å². The second kappa shape index (κ2) is 6.79. The summed E-state index contributed by atoms with van der Waals surface area (Å²) < 4.78 is 12.3. The molecule has 1 N–H and O–H groups in total. The highest BCUT2D eigenvalue weighted by Crippen LogP contribution is 2.28. The van der Waals surface area contributed by atoms with Crippen LogP contribution in [-0.4, -0.2) is 15.3 Å². The number of carboxylic acids is 1. The van der Waals surface area contributed by atoms with Crippen molar-refractivity contribution >= 4 is 51.6 Å². The predicted octanol–water partition coefficient (Wildman–Crippen LogP) is 4.65. The van der Waals surface area contributed by atoms with Gasteiger partial charge in [-0.25, -0.2) is 4.79 Å².